The Hall–Kier alpha value is -1.51. The van der Waals surface area contributed by atoms with Crippen LogP contribution in [0.5, 0.6) is 5.75 Å². The summed E-state index contributed by atoms with van der Waals surface area (Å²) in [7, 11) is 1.69. The van der Waals surface area contributed by atoms with E-state index < -0.39 is 0 Å². The number of methoxy groups -OCH3 is 1. The number of rotatable bonds is 6. The molecular weight excluding hydrogens is 250 g/mol. The van der Waals surface area contributed by atoms with Crippen LogP contribution in [0.25, 0.3) is 0 Å². The Morgan fingerprint density at radius 1 is 1.40 bits per heavy atom. The van der Waals surface area contributed by atoms with Gasteiger partial charge in [0.1, 0.15) is 5.75 Å². The van der Waals surface area contributed by atoms with Crippen molar-refractivity contribution in [3.8, 4) is 5.75 Å². The van der Waals surface area contributed by atoms with Crippen LogP contribution >= 0.6 is 0 Å². The second kappa shape index (κ2) is 5.86. The molecule has 0 radical (unpaired) electrons. The van der Waals surface area contributed by atoms with Crippen molar-refractivity contribution in [3.05, 3.63) is 29.8 Å². The number of amides is 1. The number of carbonyl (C=O) groups is 1. The molecule has 0 aliphatic heterocycles. The normalized spacial score (nSPS) is 23.2. The highest BCUT2D eigenvalue weighted by atomic mass is 16.5. The summed E-state index contributed by atoms with van der Waals surface area (Å²) in [5.41, 5.74) is 1.55. The SMILES string of the molecule is CCCC(=O)NCC1C(c2cccc(OC)c2)C1(C)C. The van der Waals surface area contributed by atoms with Crippen molar-refractivity contribution in [3.63, 3.8) is 0 Å². The van der Waals surface area contributed by atoms with Gasteiger partial charge in [0.15, 0.2) is 0 Å². The van der Waals surface area contributed by atoms with E-state index in [1.807, 2.05) is 19.1 Å². The molecule has 1 aliphatic rings. The van der Waals surface area contributed by atoms with Gasteiger partial charge in [-0.2, -0.15) is 0 Å². The number of hydrogen-bond acceptors (Lipinski definition) is 2. The average Bonchev–Trinajstić information content (AvgIpc) is 2.98. The third kappa shape index (κ3) is 2.97. The first kappa shape index (κ1) is 14.9. The van der Waals surface area contributed by atoms with E-state index in [9.17, 15) is 4.79 Å². The maximum Gasteiger partial charge on any atom is 0.219 e. The third-order valence-electron chi connectivity index (χ3n) is 4.50. The Kier molecular flexibility index (Phi) is 4.36. The van der Waals surface area contributed by atoms with E-state index >= 15 is 0 Å². The van der Waals surface area contributed by atoms with Crippen LogP contribution in [-0.2, 0) is 4.79 Å². The van der Waals surface area contributed by atoms with E-state index in [4.69, 9.17) is 4.74 Å². The fourth-order valence-corrected chi connectivity index (χ4v) is 3.16. The summed E-state index contributed by atoms with van der Waals surface area (Å²) in [5.74, 6) is 2.08. The van der Waals surface area contributed by atoms with E-state index in [-0.39, 0.29) is 11.3 Å². The van der Waals surface area contributed by atoms with E-state index in [1.165, 1.54) is 5.56 Å². The molecule has 1 saturated carbocycles. The van der Waals surface area contributed by atoms with Crippen LogP contribution < -0.4 is 10.1 Å². The van der Waals surface area contributed by atoms with Gasteiger partial charge in [0.05, 0.1) is 7.11 Å². The Bertz CT molecular complexity index is 482. The van der Waals surface area contributed by atoms with Crippen molar-refractivity contribution in [2.45, 2.75) is 39.5 Å². The summed E-state index contributed by atoms with van der Waals surface area (Å²) in [6.45, 7) is 7.34. The number of benzene rings is 1. The molecule has 3 heteroatoms. The van der Waals surface area contributed by atoms with E-state index in [0.717, 1.165) is 18.7 Å². The fraction of sp³-hybridized carbons (Fsp3) is 0.588. The highest BCUT2D eigenvalue weighted by Gasteiger charge is 2.57. The first-order valence-electron chi connectivity index (χ1n) is 7.41. The van der Waals surface area contributed by atoms with Crippen molar-refractivity contribution >= 4 is 5.91 Å². The largest absolute Gasteiger partial charge is 0.497 e. The second-order valence-electron chi connectivity index (χ2n) is 6.24. The lowest BCUT2D eigenvalue weighted by Gasteiger charge is -2.05. The maximum absolute atomic E-state index is 11.6. The van der Waals surface area contributed by atoms with Crippen LogP contribution in [0.1, 0.15) is 45.1 Å². The van der Waals surface area contributed by atoms with Crippen LogP contribution in [0.2, 0.25) is 0 Å². The van der Waals surface area contributed by atoms with Crippen molar-refractivity contribution in [1.29, 1.82) is 0 Å². The van der Waals surface area contributed by atoms with Gasteiger partial charge in [-0.1, -0.05) is 32.9 Å². The smallest absolute Gasteiger partial charge is 0.219 e. The molecule has 1 aromatic rings. The van der Waals surface area contributed by atoms with Crippen LogP contribution in [0, 0.1) is 11.3 Å². The molecule has 1 fully saturated rings. The molecule has 2 atom stereocenters. The van der Waals surface area contributed by atoms with Crippen molar-refractivity contribution in [1.82, 2.24) is 5.32 Å². The summed E-state index contributed by atoms with van der Waals surface area (Å²) >= 11 is 0. The Morgan fingerprint density at radius 2 is 2.15 bits per heavy atom. The van der Waals surface area contributed by atoms with Crippen molar-refractivity contribution in [2.75, 3.05) is 13.7 Å². The van der Waals surface area contributed by atoms with Gasteiger partial charge >= 0.3 is 0 Å². The Morgan fingerprint density at radius 3 is 2.80 bits per heavy atom. The van der Waals surface area contributed by atoms with Gasteiger partial charge in [0.2, 0.25) is 5.91 Å². The zero-order valence-corrected chi connectivity index (χ0v) is 12.9. The summed E-state index contributed by atoms with van der Waals surface area (Å²) in [6, 6.07) is 8.27. The van der Waals surface area contributed by atoms with E-state index in [0.29, 0.717) is 18.3 Å². The lowest BCUT2D eigenvalue weighted by atomic mass is 10.0. The zero-order valence-electron chi connectivity index (χ0n) is 12.9. The molecule has 3 nitrogen and oxygen atoms in total. The van der Waals surface area contributed by atoms with Crippen LogP contribution in [0.3, 0.4) is 0 Å². The fourth-order valence-electron chi connectivity index (χ4n) is 3.16. The van der Waals surface area contributed by atoms with Gasteiger partial charge in [-0.3, -0.25) is 4.79 Å². The number of hydrogen-bond donors (Lipinski definition) is 1. The molecular formula is C17H25NO2. The minimum Gasteiger partial charge on any atom is -0.497 e. The highest BCUT2D eigenvalue weighted by Crippen LogP contribution is 2.64. The molecule has 20 heavy (non-hydrogen) atoms. The van der Waals surface area contributed by atoms with Gasteiger partial charge in [0.25, 0.3) is 0 Å². The topological polar surface area (TPSA) is 38.3 Å². The number of carbonyl (C=O) groups excluding carboxylic acids is 1. The minimum atomic E-state index is 0.166. The monoisotopic (exact) mass is 275 g/mol. The van der Waals surface area contributed by atoms with Gasteiger partial charge in [0, 0.05) is 13.0 Å². The van der Waals surface area contributed by atoms with E-state index in [2.05, 4.69) is 31.3 Å². The second-order valence-corrected chi connectivity index (χ2v) is 6.24. The van der Waals surface area contributed by atoms with Crippen LogP contribution in [-0.4, -0.2) is 19.6 Å². The first-order chi connectivity index (χ1) is 9.50. The van der Waals surface area contributed by atoms with Gasteiger partial charge in [-0.25, -0.2) is 0 Å². The molecule has 0 heterocycles. The van der Waals surface area contributed by atoms with Gasteiger partial charge < -0.3 is 10.1 Å². The number of nitrogens with one attached hydrogen (secondary N) is 1. The molecule has 1 N–H and O–H groups in total. The molecule has 0 aromatic heterocycles. The standard InChI is InChI=1S/C17H25NO2/c1-5-7-15(19)18-11-14-16(17(14,2)3)12-8-6-9-13(10-12)20-4/h6,8-10,14,16H,5,7,11H2,1-4H3,(H,18,19). The van der Waals surface area contributed by atoms with E-state index in [1.54, 1.807) is 7.11 Å². The molecule has 2 rings (SSSR count). The molecule has 2 unspecified atom stereocenters. The van der Waals surface area contributed by atoms with Crippen molar-refractivity contribution < 1.29 is 9.53 Å². The molecule has 0 saturated heterocycles. The Balaban J connectivity index is 2.00. The van der Waals surface area contributed by atoms with Crippen LogP contribution in [0.15, 0.2) is 24.3 Å². The quantitative estimate of drug-likeness (QED) is 0.864. The summed E-state index contributed by atoms with van der Waals surface area (Å²) in [4.78, 5) is 11.6. The molecule has 0 bridgehead atoms. The molecule has 1 amide bonds. The molecule has 110 valence electrons. The van der Waals surface area contributed by atoms with Crippen molar-refractivity contribution in [2.24, 2.45) is 11.3 Å². The predicted molar refractivity (Wildman–Crippen MR) is 80.9 cm³/mol. The maximum atomic E-state index is 11.6. The minimum absolute atomic E-state index is 0.166. The third-order valence-corrected chi connectivity index (χ3v) is 4.50. The average molecular weight is 275 g/mol. The Labute approximate surface area is 121 Å². The molecule has 1 aromatic carbocycles. The summed E-state index contributed by atoms with van der Waals surface area (Å²) < 4.78 is 5.30. The van der Waals surface area contributed by atoms with Gasteiger partial charge in [-0.15, -0.1) is 0 Å². The molecule has 0 spiro atoms. The van der Waals surface area contributed by atoms with Crippen LogP contribution in [0.4, 0.5) is 0 Å². The number of ether oxygens (including phenoxy) is 1. The lowest BCUT2D eigenvalue weighted by Crippen LogP contribution is -2.26. The lowest BCUT2D eigenvalue weighted by molar-refractivity contribution is -0.121. The molecule has 1 aliphatic carbocycles. The highest BCUT2D eigenvalue weighted by molar-refractivity contribution is 5.75. The first-order valence-corrected chi connectivity index (χ1v) is 7.41. The summed E-state index contributed by atoms with van der Waals surface area (Å²) in [6.07, 6.45) is 1.52. The predicted octanol–water partition coefficient (Wildman–Crippen LogP) is 3.35. The zero-order chi connectivity index (χ0) is 14.8. The van der Waals surface area contributed by atoms with Gasteiger partial charge in [-0.05, 0) is 41.4 Å². The summed E-state index contributed by atoms with van der Waals surface area (Å²) in [5, 5.41) is 3.06.